The van der Waals surface area contributed by atoms with Gasteiger partial charge in [-0.2, -0.15) is 0 Å². The van der Waals surface area contributed by atoms with E-state index in [1.54, 1.807) is 12.1 Å². The van der Waals surface area contributed by atoms with Crippen LogP contribution in [-0.4, -0.2) is 29.1 Å². The van der Waals surface area contributed by atoms with Crippen molar-refractivity contribution >= 4 is 5.97 Å². The summed E-state index contributed by atoms with van der Waals surface area (Å²) in [7, 11) is 0. The summed E-state index contributed by atoms with van der Waals surface area (Å²) in [5.74, 6) is -0.839. The van der Waals surface area contributed by atoms with Crippen LogP contribution in [0.1, 0.15) is 41.6 Å². The van der Waals surface area contributed by atoms with Crippen molar-refractivity contribution in [2.75, 3.05) is 13.1 Å². The van der Waals surface area contributed by atoms with E-state index in [0.717, 1.165) is 18.7 Å². The molecule has 18 heavy (non-hydrogen) atoms. The minimum atomic E-state index is -0.839. The van der Waals surface area contributed by atoms with Gasteiger partial charge in [0.15, 0.2) is 0 Å². The van der Waals surface area contributed by atoms with E-state index in [1.165, 1.54) is 32.2 Å². The molecule has 1 N–H and O–H groups in total. The summed E-state index contributed by atoms with van der Waals surface area (Å²) in [6.07, 6.45) is 5.45. The molecule has 0 bridgehead atoms. The molecular weight excluding hydrogens is 226 g/mol. The lowest BCUT2D eigenvalue weighted by molar-refractivity contribution is 0.0696. The zero-order valence-corrected chi connectivity index (χ0v) is 10.6. The molecule has 0 atom stereocenters. The Balaban J connectivity index is 1.68. The molecule has 96 valence electrons. The first-order valence-electron chi connectivity index (χ1n) is 6.72. The van der Waals surface area contributed by atoms with Crippen molar-refractivity contribution in [3.8, 4) is 0 Å². The van der Waals surface area contributed by atoms with Gasteiger partial charge in [-0.25, -0.2) is 4.79 Å². The van der Waals surface area contributed by atoms with Gasteiger partial charge in [-0.3, -0.25) is 4.90 Å². The fourth-order valence-corrected chi connectivity index (χ4v) is 3.09. The van der Waals surface area contributed by atoms with Crippen LogP contribution in [0.2, 0.25) is 0 Å². The normalized spacial score (nSPS) is 22.0. The number of benzene rings is 1. The lowest BCUT2D eigenvalue weighted by Gasteiger charge is -2.33. The summed E-state index contributed by atoms with van der Waals surface area (Å²) in [5, 5.41) is 8.99. The van der Waals surface area contributed by atoms with Crippen LogP contribution in [0.3, 0.4) is 0 Å². The lowest BCUT2D eigenvalue weighted by Crippen LogP contribution is -2.35. The molecule has 1 saturated carbocycles. The smallest absolute Gasteiger partial charge is 0.335 e. The number of aromatic carboxylic acids is 1. The summed E-state index contributed by atoms with van der Waals surface area (Å²) < 4.78 is 0. The van der Waals surface area contributed by atoms with Crippen molar-refractivity contribution < 1.29 is 9.90 Å². The van der Waals surface area contributed by atoms with Gasteiger partial charge < -0.3 is 5.11 Å². The van der Waals surface area contributed by atoms with E-state index in [1.807, 2.05) is 12.1 Å². The van der Waals surface area contributed by atoms with E-state index in [-0.39, 0.29) is 0 Å². The van der Waals surface area contributed by atoms with Crippen molar-refractivity contribution in [1.82, 2.24) is 4.90 Å². The Morgan fingerprint density at radius 3 is 2.89 bits per heavy atom. The number of piperidine rings is 1. The molecule has 3 nitrogen and oxygen atoms in total. The second kappa shape index (κ2) is 4.39. The molecule has 1 aliphatic carbocycles. The van der Waals surface area contributed by atoms with Crippen LogP contribution in [-0.2, 0) is 6.54 Å². The van der Waals surface area contributed by atoms with Gasteiger partial charge in [-0.05, 0) is 55.3 Å². The largest absolute Gasteiger partial charge is 0.478 e. The van der Waals surface area contributed by atoms with Gasteiger partial charge in [-0.1, -0.05) is 12.1 Å². The molecule has 2 fully saturated rings. The molecule has 3 rings (SSSR count). The molecule has 1 heterocycles. The summed E-state index contributed by atoms with van der Waals surface area (Å²) >= 11 is 0. The van der Waals surface area contributed by atoms with E-state index < -0.39 is 5.97 Å². The molecule has 0 amide bonds. The summed E-state index contributed by atoms with van der Waals surface area (Å²) in [6.45, 7) is 3.24. The third-order valence-corrected chi connectivity index (χ3v) is 4.28. The first kappa shape index (κ1) is 11.7. The minimum Gasteiger partial charge on any atom is -0.478 e. The Morgan fingerprint density at radius 2 is 2.17 bits per heavy atom. The minimum absolute atomic E-state index is 0.394. The molecule has 1 spiro atoms. The van der Waals surface area contributed by atoms with Crippen LogP contribution in [0.5, 0.6) is 0 Å². The Morgan fingerprint density at radius 1 is 1.33 bits per heavy atom. The quantitative estimate of drug-likeness (QED) is 0.890. The van der Waals surface area contributed by atoms with Crippen LogP contribution in [0.15, 0.2) is 24.3 Å². The molecule has 0 aromatic heterocycles. The molecular formula is C15H19NO2. The van der Waals surface area contributed by atoms with Crippen molar-refractivity contribution in [3.63, 3.8) is 0 Å². The number of hydrogen-bond donors (Lipinski definition) is 1. The Labute approximate surface area is 107 Å². The number of hydrogen-bond acceptors (Lipinski definition) is 2. The first-order valence-corrected chi connectivity index (χ1v) is 6.72. The number of likely N-dealkylation sites (tertiary alicyclic amines) is 1. The van der Waals surface area contributed by atoms with E-state index in [2.05, 4.69) is 4.90 Å². The Bertz CT molecular complexity index is 465. The summed E-state index contributed by atoms with van der Waals surface area (Å²) in [5.41, 5.74) is 2.14. The van der Waals surface area contributed by atoms with E-state index in [0.29, 0.717) is 11.0 Å². The van der Waals surface area contributed by atoms with Gasteiger partial charge in [0.05, 0.1) is 5.56 Å². The highest BCUT2D eigenvalue weighted by Crippen LogP contribution is 2.52. The van der Waals surface area contributed by atoms with Crippen LogP contribution in [0.25, 0.3) is 0 Å². The lowest BCUT2D eigenvalue weighted by atomic mass is 9.94. The van der Waals surface area contributed by atoms with Crippen LogP contribution in [0, 0.1) is 5.41 Å². The molecule has 1 aliphatic heterocycles. The predicted octanol–water partition coefficient (Wildman–Crippen LogP) is 2.76. The third kappa shape index (κ3) is 2.41. The molecule has 1 aromatic carbocycles. The fourth-order valence-electron chi connectivity index (χ4n) is 3.09. The van der Waals surface area contributed by atoms with Crippen molar-refractivity contribution in [2.24, 2.45) is 5.41 Å². The highest BCUT2D eigenvalue weighted by atomic mass is 16.4. The average molecular weight is 245 g/mol. The Kier molecular flexibility index (Phi) is 2.86. The van der Waals surface area contributed by atoms with E-state index in [9.17, 15) is 4.79 Å². The number of rotatable bonds is 3. The van der Waals surface area contributed by atoms with Gasteiger partial charge in [-0.15, -0.1) is 0 Å². The zero-order valence-electron chi connectivity index (χ0n) is 10.6. The van der Waals surface area contributed by atoms with Crippen molar-refractivity contribution in [1.29, 1.82) is 0 Å². The second-order valence-corrected chi connectivity index (χ2v) is 5.82. The molecule has 0 unspecified atom stereocenters. The monoisotopic (exact) mass is 245 g/mol. The first-order chi connectivity index (χ1) is 8.67. The fraction of sp³-hybridized carbons (Fsp3) is 0.533. The number of carbonyl (C=O) groups is 1. The van der Waals surface area contributed by atoms with E-state index >= 15 is 0 Å². The molecule has 1 aromatic rings. The Hall–Kier alpha value is -1.35. The van der Waals surface area contributed by atoms with Gasteiger partial charge in [0, 0.05) is 13.1 Å². The standard InChI is InChI=1S/C15H19NO2/c17-14(18)13-4-1-3-12(9-13)10-16-8-2-5-15(11-16)6-7-15/h1,3-4,9H,2,5-8,10-11H2,(H,17,18). The average Bonchev–Trinajstić information content (AvgIpc) is 3.09. The molecule has 3 heteroatoms. The number of nitrogens with zero attached hydrogens (tertiary/aromatic N) is 1. The van der Waals surface area contributed by atoms with Crippen LogP contribution < -0.4 is 0 Å². The maximum Gasteiger partial charge on any atom is 0.335 e. The molecule has 0 radical (unpaired) electrons. The van der Waals surface area contributed by atoms with Gasteiger partial charge in [0.25, 0.3) is 0 Å². The molecule has 1 saturated heterocycles. The third-order valence-electron chi connectivity index (χ3n) is 4.28. The van der Waals surface area contributed by atoms with Gasteiger partial charge in [0.2, 0.25) is 0 Å². The van der Waals surface area contributed by atoms with Crippen LogP contribution >= 0.6 is 0 Å². The van der Waals surface area contributed by atoms with E-state index in [4.69, 9.17) is 5.11 Å². The SMILES string of the molecule is O=C(O)c1cccc(CN2CCCC3(CC3)C2)c1. The maximum absolute atomic E-state index is 10.9. The van der Waals surface area contributed by atoms with Crippen LogP contribution in [0.4, 0.5) is 0 Å². The molecule has 2 aliphatic rings. The second-order valence-electron chi connectivity index (χ2n) is 5.82. The highest BCUT2D eigenvalue weighted by Gasteiger charge is 2.45. The van der Waals surface area contributed by atoms with Gasteiger partial charge >= 0.3 is 5.97 Å². The summed E-state index contributed by atoms with van der Waals surface area (Å²) in [6, 6.07) is 7.33. The predicted molar refractivity (Wildman–Crippen MR) is 69.6 cm³/mol. The zero-order chi connectivity index (χ0) is 12.6. The topological polar surface area (TPSA) is 40.5 Å². The maximum atomic E-state index is 10.9. The van der Waals surface area contributed by atoms with Gasteiger partial charge in [0.1, 0.15) is 0 Å². The highest BCUT2D eigenvalue weighted by molar-refractivity contribution is 5.87. The number of carboxylic acids is 1. The van der Waals surface area contributed by atoms with Crippen molar-refractivity contribution in [2.45, 2.75) is 32.2 Å². The number of carboxylic acid groups (broad SMARTS) is 1. The van der Waals surface area contributed by atoms with Crippen molar-refractivity contribution in [3.05, 3.63) is 35.4 Å². The summed E-state index contributed by atoms with van der Waals surface area (Å²) in [4.78, 5) is 13.4.